The molecule has 5 nitrogen and oxygen atoms in total. The molecule has 0 saturated carbocycles. The average Bonchev–Trinajstić information content (AvgIpc) is 3.16. The number of carbonyl (C=O) groups excluding carboxylic acids is 2. The summed E-state index contributed by atoms with van der Waals surface area (Å²) in [4.78, 5) is 31.7. The lowest BCUT2D eigenvalue weighted by Crippen LogP contribution is -2.45. The molecule has 2 atom stereocenters. The molecule has 2 aromatic rings. The highest BCUT2D eigenvalue weighted by Gasteiger charge is 2.29. The fraction of sp³-hybridized carbons (Fsp3) is 0.389. The van der Waals surface area contributed by atoms with Crippen molar-refractivity contribution in [3.63, 3.8) is 0 Å². The molecule has 1 fully saturated rings. The molecule has 6 heteroatoms. The summed E-state index contributed by atoms with van der Waals surface area (Å²) in [5.41, 5.74) is 0.980. The van der Waals surface area contributed by atoms with Crippen LogP contribution in [0.3, 0.4) is 0 Å². The molecule has 0 spiro atoms. The van der Waals surface area contributed by atoms with Crippen molar-refractivity contribution in [1.29, 1.82) is 0 Å². The molecule has 1 aliphatic rings. The van der Waals surface area contributed by atoms with E-state index < -0.39 is 0 Å². The first kappa shape index (κ1) is 16.6. The minimum absolute atomic E-state index is 0.00929. The Balaban J connectivity index is 1.60. The number of piperidine rings is 1. The summed E-state index contributed by atoms with van der Waals surface area (Å²) in [6, 6.07) is 7.43. The van der Waals surface area contributed by atoms with Crippen molar-refractivity contribution in [1.82, 2.24) is 15.2 Å². The van der Waals surface area contributed by atoms with Crippen LogP contribution in [-0.2, 0) is 4.79 Å². The van der Waals surface area contributed by atoms with E-state index in [9.17, 15) is 9.59 Å². The largest absolute Gasteiger partial charge is 0.349 e. The number of aromatic nitrogens is 1. The molecule has 1 N–H and O–H groups in total. The van der Waals surface area contributed by atoms with Gasteiger partial charge in [-0.15, -0.1) is 11.3 Å². The lowest BCUT2D eigenvalue weighted by molar-refractivity contribution is -0.127. The normalized spacial score (nSPS) is 18.9. The van der Waals surface area contributed by atoms with Gasteiger partial charge in [0.05, 0.1) is 16.8 Å². The number of hydrogen-bond acceptors (Lipinski definition) is 4. The second-order valence-electron chi connectivity index (χ2n) is 6.08. The second-order valence-corrected chi connectivity index (χ2v) is 7.03. The van der Waals surface area contributed by atoms with Crippen molar-refractivity contribution >= 4 is 23.2 Å². The standard InChI is InChI=1S/C18H21N3O2S/c1-13(14-5-2-8-19-11-14)20-17(22)15-6-3-9-21(12-15)18(23)16-7-4-10-24-16/h2,4-5,7-8,10-11,13,15H,3,6,9,12H2,1H3,(H,20,22). The van der Waals surface area contributed by atoms with Gasteiger partial charge in [-0.2, -0.15) is 0 Å². The first-order valence-electron chi connectivity index (χ1n) is 8.18. The quantitative estimate of drug-likeness (QED) is 0.928. The molecule has 0 aliphatic carbocycles. The minimum atomic E-state index is -0.151. The van der Waals surface area contributed by atoms with E-state index in [4.69, 9.17) is 0 Å². The van der Waals surface area contributed by atoms with Gasteiger partial charge in [0.2, 0.25) is 5.91 Å². The number of nitrogens with one attached hydrogen (secondary N) is 1. The SMILES string of the molecule is CC(NC(=O)C1CCCN(C(=O)c2cccs2)C1)c1cccnc1. The summed E-state index contributed by atoms with van der Waals surface area (Å²) in [5.74, 6) is -0.111. The van der Waals surface area contributed by atoms with E-state index in [1.54, 1.807) is 17.3 Å². The lowest BCUT2D eigenvalue weighted by atomic mass is 9.96. The Hall–Kier alpha value is -2.21. The zero-order valence-electron chi connectivity index (χ0n) is 13.6. The Kier molecular flexibility index (Phi) is 5.25. The minimum Gasteiger partial charge on any atom is -0.349 e. The van der Waals surface area contributed by atoms with E-state index >= 15 is 0 Å². The van der Waals surface area contributed by atoms with Crippen molar-refractivity contribution in [3.8, 4) is 0 Å². The number of rotatable bonds is 4. The summed E-state index contributed by atoms with van der Waals surface area (Å²) in [6.45, 7) is 3.16. The summed E-state index contributed by atoms with van der Waals surface area (Å²) in [6.07, 6.45) is 5.15. The van der Waals surface area contributed by atoms with Crippen molar-refractivity contribution < 1.29 is 9.59 Å². The smallest absolute Gasteiger partial charge is 0.263 e. The van der Waals surface area contributed by atoms with E-state index in [0.29, 0.717) is 6.54 Å². The number of hydrogen-bond donors (Lipinski definition) is 1. The number of amides is 2. The third kappa shape index (κ3) is 3.82. The van der Waals surface area contributed by atoms with Gasteiger partial charge < -0.3 is 10.2 Å². The molecule has 2 aromatic heterocycles. The topological polar surface area (TPSA) is 62.3 Å². The Labute approximate surface area is 145 Å². The van der Waals surface area contributed by atoms with E-state index in [-0.39, 0.29) is 23.8 Å². The molecule has 0 bridgehead atoms. The second kappa shape index (κ2) is 7.57. The van der Waals surface area contributed by atoms with Crippen LogP contribution in [0.2, 0.25) is 0 Å². The van der Waals surface area contributed by atoms with Gasteiger partial charge in [0, 0.05) is 25.5 Å². The van der Waals surface area contributed by atoms with Gasteiger partial charge in [0.15, 0.2) is 0 Å². The number of carbonyl (C=O) groups is 2. The van der Waals surface area contributed by atoms with Gasteiger partial charge >= 0.3 is 0 Å². The average molecular weight is 343 g/mol. The van der Waals surface area contributed by atoms with Crippen LogP contribution in [0.1, 0.15) is 41.0 Å². The highest BCUT2D eigenvalue weighted by molar-refractivity contribution is 7.12. The lowest BCUT2D eigenvalue weighted by Gasteiger charge is -2.32. The number of nitrogens with zero attached hydrogens (tertiary/aromatic N) is 2. The van der Waals surface area contributed by atoms with Crippen LogP contribution in [0.15, 0.2) is 42.0 Å². The van der Waals surface area contributed by atoms with Gasteiger partial charge in [-0.05, 0) is 42.8 Å². The summed E-state index contributed by atoms with van der Waals surface area (Å²) in [5, 5.41) is 4.95. The van der Waals surface area contributed by atoms with Crippen LogP contribution in [0.5, 0.6) is 0 Å². The van der Waals surface area contributed by atoms with E-state index in [0.717, 1.165) is 29.8 Å². The molecule has 2 amide bonds. The number of likely N-dealkylation sites (tertiary alicyclic amines) is 1. The van der Waals surface area contributed by atoms with Crippen LogP contribution in [-0.4, -0.2) is 34.8 Å². The summed E-state index contributed by atoms with van der Waals surface area (Å²) in [7, 11) is 0. The molecule has 126 valence electrons. The Morgan fingerprint density at radius 3 is 2.96 bits per heavy atom. The maximum atomic E-state index is 12.6. The maximum Gasteiger partial charge on any atom is 0.263 e. The Bertz CT molecular complexity index is 688. The molecular weight excluding hydrogens is 322 g/mol. The summed E-state index contributed by atoms with van der Waals surface area (Å²) >= 11 is 1.44. The molecule has 3 heterocycles. The van der Waals surface area contributed by atoms with Crippen LogP contribution < -0.4 is 5.32 Å². The van der Waals surface area contributed by atoms with Gasteiger partial charge in [0.25, 0.3) is 5.91 Å². The first-order valence-corrected chi connectivity index (χ1v) is 9.06. The van der Waals surface area contributed by atoms with Gasteiger partial charge in [-0.1, -0.05) is 12.1 Å². The van der Waals surface area contributed by atoms with Crippen molar-refractivity contribution in [2.45, 2.75) is 25.8 Å². The van der Waals surface area contributed by atoms with Crippen molar-refractivity contribution in [3.05, 3.63) is 52.5 Å². The maximum absolute atomic E-state index is 12.6. The van der Waals surface area contributed by atoms with Gasteiger partial charge in [0.1, 0.15) is 0 Å². The fourth-order valence-corrected chi connectivity index (χ4v) is 3.67. The van der Waals surface area contributed by atoms with E-state index in [1.807, 2.05) is 36.6 Å². The summed E-state index contributed by atoms with van der Waals surface area (Å²) < 4.78 is 0. The van der Waals surface area contributed by atoms with Crippen molar-refractivity contribution in [2.24, 2.45) is 5.92 Å². The fourth-order valence-electron chi connectivity index (χ4n) is 2.98. The van der Waals surface area contributed by atoms with Gasteiger partial charge in [-0.25, -0.2) is 0 Å². The number of thiophene rings is 1. The third-order valence-corrected chi connectivity index (χ3v) is 5.21. The predicted molar refractivity (Wildman–Crippen MR) is 93.7 cm³/mol. The molecule has 2 unspecified atom stereocenters. The van der Waals surface area contributed by atoms with Crippen LogP contribution in [0, 0.1) is 5.92 Å². The van der Waals surface area contributed by atoms with Crippen LogP contribution in [0.25, 0.3) is 0 Å². The highest BCUT2D eigenvalue weighted by atomic mass is 32.1. The van der Waals surface area contributed by atoms with E-state index in [2.05, 4.69) is 10.3 Å². The first-order chi connectivity index (χ1) is 11.6. The monoisotopic (exact) mass is 343 g/mol. The molecule has 1 aliphatic heterocycles. The molecule has 0 radical (unpaired) electrons. The van der Waals surface area contributed by atoms with Crippen LogP contribution >= 0.6 is 11.3 Å². The highest BCUT2D eigenvalue weighted by Crippen LogP contribution is 2.21. The zero-order valence-corrected chi connectivity index (χ0v) is 14.5. The molecular formula is C18H21N3O2S. The molecule has 0 aromatic carbocycles. The Morgan fingerprint density at radius 1 is 1.38 bits per heavy atom. The molecule has 1 saturated heterocycles. The van der Waals surface area contributed by atoms with Crippen LogP contribution in [0.4, 0.5) is 0 Å². The zero-order chi connectivity index (χ0) is 16.9. The predicted octanol–water partition coefficient (Wildman–Crippen LogP) is 2.87. The van der Waals surface area contributed by atoms with Gasteiger partial charge in [-0.3, -0.25) is 14.6 Å². The molecule has 3 rings (SSSR count). The molecule has 24 heavy (non-hydrogen) atoms. The number of pyridine rings is 1. The van der Waals surface area contributed by atoms with Crippen molar-refractivity contribution in [2.75, 3.05) is 13.1 Å². The third-order valence-electron chi connectivity index (χ3n) is 4.35. The Morgan fingerprint density at radius 2 is 2.25 bits per heavy atom. The van der Waals surface area contributed by atoms with E-state index in [1.165, 1.54) is 11.3 Å².